The first-order chi connectivity index (χ1) is 30.9. The van der Waals surface area contributed by atoms with Crippen LogP contribution in [0.25, 0.3) is 0 Å². The molecule has 0 aromatic heterocycles. The van der Waals surface area contributed by atoms with Gasteiger partial charge in [-0.3, -0.25) is 9.69 Å². The molecule has 0 spiro atoms. The number of aliphatic hydroxyl groups excluding tert-OH is 1. The molecule has 1 atom stereocenters. The molecular weight excluding hydrogens is 781 g/mol. The Kier molecular flexibility index (Phi) is 50.4. The van der Waals surface area contributed by atoms with Crippen molar-refractivity contribution >= 4 is 11.9 Å². The lowest BCUT2D eigenvalue weighted by molar-refractivity contribution is -0.144. The highest BCUT2D eigenvalue weighted by Crippen LogP contribution is 2.15. The predicted molar refractivity (Wildman–Crippen MR) is 273 cm³/mol. The van der Waals surface area contributed by atoms with Crippen molar-refractivity contribution in [2.75, 3.05) is 53.0 Å². The molecule has 63 heavy (non-hydrogen) atoms. The fraction of sp³-hybridized carbons (Fsp3) is 0.929. The van der Waals surface area contributed by atoms with Gasteiger partial charge in [0.05, 0.1) is 19.3 Å². The minimum atomic E-state index is -0.509. The normalized spacial score (nSPS) is 12.3. The lowest BCUT2D eigenvalue weighted by Gasteiger charge is -2.26. The third-order valence-electron chi connectivity index (χ3n) is 12.9. The number of ether oxygens (including phenoxy) is 2. The van der Waals surface area contributed by atoms with Gasteiger partial charge in [-0.2, -0.15) is 0 Å². The fourth-order valence-corrected chi connectivity index (χ4v) is 8.75. The maximum atomic E-state index is 12.6. The van der Waals surface area contributed by atoms with E-state index in [0.29, 0.717) is 52.2 Å². The second-order valence-electron chi connectivity index (χ2n) is 19.4. The van der Waals surface area contributed by atoms with Crippen LogP contribution < -0.4 is 0 Å². The van der Waals surface area contributed by atoms with Gasteiger partial charge in [-0.15, -0.1) is 0 Å². The molecule has 1 unspecified atom stereocenters. The van der Waals surface area contributed by atoms with Crippen LogP contribution in [-0.4, -0.2) is 85.9 Å². The summed E-state index contributed by atoms with van der Waals surface area (Å²) in [6.07, 6.45) is 53.8. The van der Waals surface area contributed by atoms with Crippen molar-refractivity contribution in [1.29, 1.82) is 0 Å². The lowest BCUT2D eigenvalue weighted by Crippen LogP contribution is -2.40. The van der Waals surface area contributed by atoms with E-state index in [1.165, 1.54) is 218 Å². The van der Waals surface area contributed by atoms with Gasteiger partial charge in [-0.1, -0.05) is 252 Å². The summed E-state index contributed by atoms with van der Waals surface area (Å²) in [7, 11) is 2.10. The SMILES string of the molecule is CCCCCCCCCCCCCCCOC(=O)/C=C/CN(CCCC(=O)OCCCCCCCCCCCCCCC)CC(O)CN(C)CCCCCCCCCCCCCC. The summed E-state index contributed by atoms with van der Waals surface area (Å²) >= 11 is 0. The van der Waals surface area contributed by atoms with Gasteiger partial charge in [0.1, 0.15) is 0 Å². The highest BCUT2D eigenvalue weighted by Gasteiger charge is 2.15. The molecule has 374 valence electrons. The van der Waals surface area contributed by atoms with Gasteiger partial charge in [-0.25, -0.2) is 4.79 Å². The number of carbonyl (C=O) groups excluding carboxylic acids is 2. The first kappa shape index (κ1) is 61.6. The Morgan fingerprint density at radius 3 is 1.19 bits per heavy atom. The minimum absolute atomic E-state index is 0.135. The van der Waals surface area contributed by atoms with Crippen molar-refractivity contribution in [3.05, 3.63) is 12.2 Å². The van der Waals surface area contributed by atoms with Gasteiger partial charge in [0.2, 0.25) is 0 Å². The summed E-state index contributed by atoms with van der Waals surface area (Å²) in [5, 5.41) is 11.1. The second-order valence-corrected chi connectivity index (χ2v) is 19.4. The zero-order chi connectivity index (χ0) is 45.9. The summed E-state index contributed by atoms with van der Waals surface area (Å²) in [5.74, 6) is -0.433. The third-order valence-corrected chi connectivity index (χ3v) is 12.9. The maximum Gasteiger partial charge on any atom is 0.330 e. The Hall–Kier alpha value is -1.44. The number of unbranched alkanes of at least 4 members (excludes halogenated alkanes) is 35. The van der Waals surface area contributed by atoms with Crippen molar-refractivity contribution in [2.45, 2.75) is 284 Å². The molecule has 0 bridgehead atoms. The van der Waals surface area contributed by atoms with Gasteiger partial charge in [0, 0.05) is 32.1 Å². The van der Waals surface area contributed by atoms with Crippen molar-refractivity contribution in [1.82, 2.24) is 9.80 Å². The Morgan fingerprint density at radius 2 is 0.794 bits per heavy atom. The van der Waals surface area contributed by atoms with Crippen LogP contribution in [0.3, 0.4) is 0 Å². The Labute approximate surface area is 393 Å². The Balaban J connectivity index is 4.45. The topological polar surface area (TPSA) is 79.3 Å². The average Bonchev–Trinajstić information content (AvgIpc) is 3.26. The molecule has 0 fully saturated rings. The number of nitrogens with zero attached hydrogens (tertiary/aromatic N) is 2. The van der Waals surface area contributed by atoms with Crippen LogP contribution >= 0.6 is 0 Å². The summed E-state index contributed by atoms with van der Waals surface area (Å²) in [6, 6.07) is 0. The lowest BCUT2D eigenvalue weighted by atomic mass is 10.0. The highest BCUT2D eigenvalue weighted by atomic mass is 16.5. The minimum Gasteiger partial charge on any atom is -0.466 e. The largest absolute Gasteiger partial charge is 0.466 e. The van der Waals surface area contributed by atoms with Crippen LogP contribution in [0, 0.1) is 0 Å². The monoisotopic (exact) mass is 891 g/mol. The zero-order valence-corrected chi connectivity index (χ0v) is 42.9. The summed E-state index contributed by atoms with van der Waals surface area (Å²) in [4.78, 5) is 29.5. The molecule has 0 aliphatic carbocycles. The van der Waals surface area contributed by atoms with E-state index >= 15 is 0 Å². The number of rotatable bonds is 52. The number of hydrogen-bond donors (Lipinski definition) is 1. The van der Waals surface area contributed by atoms with E-state index < -0.39 is 6.10 Å². The maximum absolute atomic E-state index is 12.6. The van der Waals surface area contributed by atoms with Crippen LogP contribution in [0.15, 0.2) is 12.2 Å². The number of aliphatic hydroxyl groups is 1. The summed E-state index contributed by atoms with van der Waals surface area (Å²) in [6.45, 7) is 11.1. The van der Waals surface area contributed by atoms with Crippen LogP contribution in [0.5, 0.6) is 0 Å². The van der Waals surface area contributed by atoms with Crippen molar-refractivity contribution in [3.8, 4) is 0 Å². The quantitative estimate of drug-likeness (QED) is 0.0370. The molecule has 0 amide bonds. The molecule has 1 N–H and O–H groups in total. The van der Waals surface area contributed by atoms with E-state index in [1.807, 2.05) is 6.08 Å². The molecule has 0 aliphatic rings. The first-order valence-corrected chi connectivity index (χ1v) is 28.0. The average molecular weight is 892 g/mol. The number of carbonyl (C=O) groups is 2. The van der Waals surface area contributed by atoms with E-state index in [1.54, 1.807) is 0 Å². The molecule has 0 saturated carbocycles. The van der Waals surface area contributed by atoms with Crippen LogP contribution in [-0.2, 0) is 19.1 Å². The molecular formula is C56H110N2O5. The molecule has 0 saturated heterocycles. The van der Waals surface area contributed by atoms with E-state index in [0.717, 1.165) is 38.6 Å². The Bertz CT molecular complexity index is 960. The zero-order valence-electron chi connectivity index (χ0n) is 42.9. The van der Waals surface area contributed by atoms with Gasteiger partial charge < -0.3 is 19.5 Å². The van der Waals surface area contributed by atoms with Crippen LogP contribution in [0.4, 0.5) is 0 Å². The van der Waals surface area contributed by atoms with E-state index in [4.69, 9.17) is 9.47 Å². The van der Waals surface area contributed by atoms with Crippen molar-refractivity contribution < 1.29 is 24.2 Å². The molecule has 0 rings (SSSR count). The molecule has 0 aromatic carbocycles. The number of hydrogen-bond acceptors (Lipinski definition) is 7. The van der Waals surface area contributed by atoms with Gasteiger partial charge >= 0.3 is 11.9 Å². The van der Waals surface area contributed by atoms with Crippen molar-refractivity contribution in [3.63, 3.8) is 0 Å². The van der Waals surface area contributed by atoms with Crippen molar-refractivity contribution in [2.24, 2.45) is 0 Å². The van der Waals surface area contributed by atoms with E-state index in [-0.39, 0.29) is 11.9 Å². The van der Waals surface area contributed by atoms with Gasteiger partial charge in [0.25, 0.3) is 0 Å². The van der Waals surface area contributed by atoms with E-state index in [2.05, 4.69) is 37.6 Å². The molecule has 7 heteroatoms. The molecule has 7 nitrogen and oxygen atoms in total. The smallest absolute Gasteiger partial charge is 0.330 e. The summed E-state index contributed by atoms with van der Waals surface area (Å²) in [5.41, 5.74) is 0. The van der Waals surface area contributed by atoms with Gasteiger partial charge in [0.15, 0.2) is 0 Å². The standard InChI is InChI=1S/C56H110N2O5/c1-5-8-11-14-17-20-23-26-29-32-35-38-41-50-62-55(60)45-43-48-58(53-54(59)52-57(4)47-40-37-34-31-28-25-22-19-16-13-10-7-3)49-44-46-56(61)63-51-42-39-36-33-30-27-24-21-18-15-12-9-6-2/h43,45,54,59H,5-42,44,46-53H2,1-4H3/b45-43+. The van der Waals surface area contributed by atoms with E-state index in [9.17, 15) is 14.7 Å². The molecule has 0 heterocycles. The fourth-order valence-electron chi connectivity index (χ4n) is 8.75. The van der Waals surface area contributed by atoms with Crippen LogP contribution in [0.1, 0.15) is 278 Å². The van der Waals surface area contributed by atoms with Crippen LogP contribution in [0.2, 0.25) is 0 Å². The predicted octanol–water partition coefficient (Wildman–Crippen LogP) is 15.9. The molecule has 0 aromatic rings. The first-order valence-electron chi connectivity index (χ1n) is 28.0. The molecule has 0 aliphatic heterocycles. The highest BCUT2D eigenvalue weighted by molar-refractivity contribution is 5.81. The third kappa shape index (κ3) is 49.8. The van der Waals surface area contributed by atoms with Gasteiger partial charge in [-0.05, 0) is 45.8 Å². The second kappa shape index (κ2) is 51.5. The number of likely N-dealkylation sites (N-methyl/N-ethyl adjacent to an activating group) is 1. The Morgan fingerprint density at radius 1 is 0.444 bits per heavy atom. The summed E-state index contributed by atoms with van der Waals surface area (Å²) < 4.78 is 11.1. The molecule has 0 radical (unpaired) electrons. The number of esters is 2.